The molecule has 2 N–H and O–H groups in total. The molecule has 120 valence electrons. The number of hydrogen-bond donors (Lipinski definition) is 2. The van der Waals surface area contributed by atoms with E-state index in [0.717, 1.165) is 18.2 Å². The fourth-order valence-corrected chi connectivity index (χ4v) is 3.17. The molecule has 1 unspecified atom stereocenters. The third-order valence-corrected chi connectivity index (χ3v) is 4.46. The average Bonchev–Trinajstić information content (AvgIpc) is 2.42. The van der Waals surface area contributed by atoms with E-state index in [9.17, 15) is 17.6 Å². The number of carboxylic acid groups (broad SMARTS) is 1. The number of halogens is 1. The van der Waals surface area contributed by atoms with Gasteiger partial charge in [-0.3, -0.25) is 4.79 Å². The van der Waals surface area contributed by atoms with Crippen LogP contribution in [0, 0.1) is 29.0 Å². The minimum Gasteiger partial charge on any atom is -0.481 e. The zero-order valence-electron chi connectivity index (χ0n) is 12.2. The molecule has 0 aromatic heterocycles. The molecule has 0 bridgehead atoms. The van der Waals surface area contributed by atoms with Gasteiger partial charge in [0, 0.05) is 6.54 Å². The van der Waals surface area contributed by atoms with Gasteiger partial charge in [-0.25, -0.2) is 17.5 Å². The van der Waals surface area contributed by atoms with Crippen molar-refractivity contribution in [2.24, 2.45) is 11.8 Å². The number of hydrogen-bond acceptors (Lipinski definition) is 4. The monoisotopic (exact) mass is 328 g/mol. The van der Waals surface area contributed by atoms with Gasteiger partial charge in [0.05, 0.1) is 16.4 Å². The predicted octanol–water partition coefficient (Wildman–Crippen LogP) is 1.72. The summed E-state index contributed by atoms with van der Waals surface area (Å²) in [6.45, 7) is 3.37. The Morgan fingerprint density at radius 2 is 2.09 bits per heavy atom. The first kappa shape index (κ1) is 18.1. The number of aliphatic carboxylic acids is 1. The maximum absolute atomic E-state index is 13.0. The minimum atomic E-state index is -4.09. The van der Waals surface area contributed by atoms with Crippen molar-refractivity contribution >= 4 is 16.0 Å². The van der Waals surface area contributed by atoms with E-state index in [1.807, 2.05) is 13.8 Å². The van der Waals surface area contributed by atoms with Crippen LogP contribution in [-0.2, 0) is 14.8 Å². The Labute approximate surface area is 128 Å². The van der Waals surface area contributed by atoms with E-state index in [0.29, 0.717) is 6.42 Å². The second-order valence-electron chi connectivity index (χ2n) is 5.27. The summed E-state index contributed by atoms with van der Waals surface area (Å²) in [6, 6.07) is 4.34. The Bertz CT molecular complexity index is 695. The molecule has 1 aromatic rings. The summed E-state index contributed by atoms with van der Waals surface area (Å²) in [5, 5.41) is 18.0. The highest BCUT2D eigenvalue weighted by Crippen LogP contribution is 2.17. The van der Waals surface area contributed by atoms with Crippen molar-refractivity contribution in [1.29, 1.82) is 5.26 Å². The number of benzene rings is 1. The van der Waals surface area contributed by atoms with Crippen molar-refractivity contribution in [3.8, 4) is 6.07 Å². The summed E-state index contributed by atoms with van der Waals surface area (Å²) in [5.41, 5.74) is -0.330. The summed E-state index contributed by atoms with van der Waals surface area (Å²) >= 11 is 0. The molecule has 0 saturated heterocycles. The minimum absolute atomic E-state index is 0.0890. The number of rotatable bonds is 7. The van der Waals surface area contributed by atoms with Crippen LogP contribution in [-0.4, -0.2) is 26.0 Å². The highest BCUT2D eigenvalue weighted by molar-refractivity contribution is 7.89. The summed E-state index contributed by atoms with van der Waals surface area (Å²) < 4.78 is 39.5. The van der Waals surface area contributed by atoms with Gasteiger partial charge in [-0.15, -0.1) is 0 Å². The molecular weight excluding hydrogens is 311 g/mol. The lowest BCUT2D eigenvalue weighted by Gasteiger charge is -2.16. The van der Waals surface area contributed by atoms with Gasteiger partial charge in [-0.1, -0.05) is 13.8 Å². The first-order valence-corrected chi connectivity index (χ1v) is 8.07. The largest absolute Gasteiger partial charge is 0.481 e. The number of nitrogens with zero attached hydrogens (tertiary/aromatic N) is 1. The van der Waals surface area contributed by atoms with Crippen LogP contribution in [0.1, 0.15) is 25.8 Å². The van der Waals surface area contributed by atoms with Crippen molar-refractivity contribution in [3.05, 3.63) is 29.6 Å². The third kappa shape index (κ3) is 4.79. The molecule has 0 amide bonds. The zero-order chi connectivity index (χ0) is 16.9. The molecule has 0 saturated carbocycles. The Morgan fingerprint density at radius 3 is 2.59 bits per heavy atom. The van der Waals surface area contributed by atoms with Crippen LogP contribution in [0.4, 0.5) is 4.39 Å². The van der Waals surface area contributed by atoms with Gasteiger partial charge in [0.2, 0.25) is 10.0 Å². The summed E-state index contributed by atoms with van der Waals surface area (Å²) in [7, 11) is -4.09. The molecule has 6 nitrogen and oxygen atoms in total. The van der Waals surface area contributed by atoms with Crippen molar-refractivity contribution in [2.45, 2.75) is 25.2 Å². The molecular formula is C14H17FN2O4S. The van der Waals surface area contributed by atoms with Gasteiger partial charge in [0.25, 0.3) is 0 Å². The maximum atomic E-state index is 13.0. The quantitative estimate of drug-likeness (QED) is 0.792. The first-order valence-electron chi connectivity index (χ1n) is 6.59. The molecule has 1 aromatic carbocycles. The van der Waals surface area contributed by atoms with Crippen LogP contribution in [0.25, 0.3) is 0 Å². The topological polar surface area (TPSA) is 107 Å². The third-order valence-electron chi connectivity index (χ3n) is 2.98. The Kier molecular flexibility index (Phi) is 6.02. The van der Waals surface area contributed by atoms with Gasteiger partial charge >= 0.3 is 5.97 Å². The van der Waals surface area contributed by atoms with Crippen LogP contribution in [0.5, 0.6) is 0 Å². The fraction of sp³-hybridized carbons (Fsp3) is 0.429. The molecule has 0 fully saturated rings. The van der Waals surface area contributed by atoms with E-state index in [1.54, 1.807) is 6.07 Å². The molecule has 1 rings (SSSR count). The molecule has 0 aliphatic rings. The average molecular weight is 328 g/mol. The summed E-state index contributed by atoms with van der Waals surface area (Å²) in [6.07, 6.45) is 0.312. The Morgan fingerprint density at radius 1 is 1.45 bits per heavy atom. The summed E-state index contributed by atoms with van der Waals surface area (Å²) in [4.78, 5) is 10.7. The summed E-state index contributed by atoms with van der Waals surface area (Å²) in [5.74, 6) is -2.61. The molecule has 0 aliphatic heterocycles. The van der Waals surface area contributed by atoms with E-state index in [4.69, 9.17) is 10.4 Å². The molecule has 1 atom stereocenters. The molecule has 8 heteroatoms. The van der Waals surface area contributed by atoms with E-state index < -0.39 is 27.7 Å². The van der Waals surface area contributed by atoms with Crippen LogP contribution in [0.2, 0.25) is 0 Å². The SMILES string of the molecule is CC(C)CC(CNS(=O)(=O)c1ccc(F)cc1C#N)C(=O)O. The Hall–Kier alpha value is -1.98. The molecule has 0 heterocycles. The number of carbonyl (C=O) groups is 1. The first-order chi connectivity index (χ1) is 10.2. The van der Waals surface area contributed by atoms with Gasteiger partial charge in [-0.2, -0.15) is 5.26 Å². The van der Waals surface area contributed by atoms with E-state index in [2.05, 4.69) is 4.72 Å². The second-order valence-corrected chi connectivity index (χ2v) is 7.00. The zero-order valence-corrected chi connectivity index (χ0v) is 13.0. The van der Waals surface area contributed by atoms with Gasteiger partial charge in [0.1, 0.15) is 11.9 Å². The fourth-order valence-electron chi connectivity index (χ4n) is 1.95. The van der Waals surface area contributed by atoms with Gasteiger partial charge in [-0.05, 0) is 30.5 Å². The smallest absolute Gasteiger partial charge is 0.307 e. The number of nitriles is 1. The molecule has 0 spiro atoms. The van der Waals surface area contributed by atoms with Crippen molar-refractivity contribution in [2.75, 3.05) is 6.54 Å². The van der Waals surface area contributed by atoms with Gasteiger partial charge < -0.3 is 5.11 Å². The highest BCUT2D eigenvalue weighted by Gasteiger charge is 2.24. The predicted molar refractivity (Wildman–Crippen MR) is 76.9 cm³/mol. The highest BCUT2D eigenvalue weighted by atomic mass is 32.2. The van der Waals surface area contributed by atoms with Crippen LogP contribution in [0.15, 0.2) is 23.1 Å². The molecule has 0 aliphatic carbocycles. The second kappa shape index (κ2) is 7.33. The lowest BCUT2D eigenvalue weighted by Crippen LogP contribution is -2.34. The standard InChI is InChI=1S/C14H17FN2O4S/c1-9(2)5-11(14(18)19)8-17-22(20,21)13-4-3-12(15)6-10(13)7-16/h3-4,6,9,11,17H,5,8H2,1-2H3,(H,18,19). The van der Waals surface area contributed by atoms with Crippen LogP contribution < -0.4 is 4.72 Å². The number of nitrogens with one attached hydrogen (secondary N) is 1. The molecule has 22 heavy (non-hydrogen) atoms. The van der Waals surface area contributed by atoms with Crippen molar-refractivity contribution in [1.82, 2.24) is 4.72 Å². The molecule has 0 radical (unpaired) electrons. The Balaban J connectivity index is 2.97. The lowest BCUT2D eigenvalue weighted by molar-refractivity contribution is -0.142. The number of sulfonamides is 1. The van der Waals surface area contributed by atoms with Crippen molar-refractivity contribution in [3.63, 3.8) is 0 Å². The van der Waals surface area contributed by atoms with E-state index >= 15 is 0 Å². The van der Waals surface area contributed by atoms with Crippen molar-refractivity contribution < 1.29 is 22.7 Å². The van der Waals surface area contributed by atoms with E-state index in [1.165, 1.54) is 0 Å². The van der Waals surface area contributed by atoms with Crippen LogP contribution >= 0.6 is 0 Å². The van der Waals surface area contributed by atoms with E-state index in [-0.39, 0.29) is 22.9 Å². The maximum Gasteiger partial charge on any atom is 0.307 e. The normalized spacial score (nSPS) is 12.9. The van der Waals surface area contributed by atoms with Crippen LogP contribution in [0.3, 0.4) is 0 Å². The lowest BCUT2D eigenvalue weighted by atomic mass is 9.98. The van der Waals surface area contributed by atoms with Gasteiger partial charge in [0.15, 0.2) is 0 Å². The number of carboxylic acids is 1.